The highest BCUT2D eigenvalue weighted by atomic mass is 19.1. The van der Waals surface area contributed by atoms with E-state index < -0.39 is 5.56 Å². The van der Waals surface area contributed by atoms with Crippen molar-refractivity contribution in [2.45, 2.75) is 44.6 Å². The van der Waals surface area contributed by atoms with Crippen LogP contribution in [0.15, 0.2) is 35.1 Å². The van der Waals surface area contributed by atoms with Gasteiger partial charge in [0.2, 0.25) is 0 Å². The minimum atomic E-state index is -0.440. The molecule has 6 heteroatoms. The number of carbonyl (C=O) groups excluding carboxylic acids is 2. The average molecular weight is 368 g/mol. The van der Waals surface area contributed by atoms with Crippen molar-refractivity contribution in [1.29, 1.82) is 0 Å². The van der Waals surface area contributed by atoms with Crippen LogP contribution in [0, 0.1) is 5.82 Å². The number of aryl methyl sites for hydroxylation is 1. The summed E-state index contributed by atoms with van der Waals surface area (Å²) in [6, 6.07) is 7.76. The summed E-state index contributed by atoms with van der Waals surface area (Å²) in [4.78, 5) is 42.1. The van der Waals surface area contributed by atoms with Gasteiger partial charge in [0.15, 0.2) is 5.78 Å². The summed E-state index contributed by atoms with van der Waals surface area (Å²) in [5.41, 5.74) is 1.50. The monoisotopic (exact) mass is 368 g/mol. The highest BCUT2D eigenvalue weighted by Crippen LogP contribution is 2.24. The molecule has 0 saturated carbocycles. The predicted molar refractivity (Wildman–Crippen MR) is 98.5 cm³/mol. The first-order valence-corrected chi connectivity index (χ1v) is 9.38. The molecule has 1 aliphatic heterocycles. The van der Waals surface area contributed by atoms with Crippen LogP contribution in [-0.4, -0.2) is 34.2 Å². The predicted octanol–water partition coefficient (Wildman–Crippen LogP) is 2.88. The highest BCUT2D eigenvalue weighted by molar-refractivity contribution is 6.01. The van der Waals surface area contributed by atoms with Crippen LogP contribution in [0.3, 0.4) is 0 Å². The van der Waals surface area contributed by atoms with Gasteiger partial charge in [0.05, 0.1) is 0 Å². The van der Waals surface area contributed by atoms with Gasteiger partial charge >= 0.3 is 0 Å². The van der Waals surface area contributed by atoms with Crippen LogP contribution in [-0.2, 0) is 12.8 Å². The fourth-order valence-electron chi connectivity index (χ4n) is 4.14. The Balaban J connectivity index is 1.61. The number of aromatic nitrogens is 1. The molecule has 140 valence electrons. The Labute approximate surface area is 156 Å². The molecule has 2 aromatic rings. The number of hydrogen-bond donors (Lipinski definition) is 1. The molecule has 0 radical (unpaired) electrons. The summed E-state index contributed by atoms with van der Waals surface area (Å²) >= 11 is 0. The SMILES string of the molecule is O=C1CCCc2[nH]c(=O)c(C(=O)N3CCC[C@H]3Cc3cccc(F)c3)cc21. The molecule has 1 saturated heterocycles. The lowest BCUT2D eigenvalue weighted by Gasteiger charge is -2.25. The number of benzene rings is 1. The second-order valence-electron chi connectivity index (χ2n) is 7.31. The number of pyridine rings is 1. The summed E-state index contributed by atoms with van der Waals surface area (Å²) in [5.74, 6) is -0.677. The Kier molecular flexibility index (Phi) is 4.64. The first-order valence-electron chi connectivity index (χ1n) is 9.38. The third-order valence-electron chi connectivity index (χ3n) is 5.48. The van der Waals surface area contributed by atoms with Crippen molar-refractivity contribution in [2.75, 3.05) is 6.54 Å². The number of nitrogens with one attached hydrogen (secondary N) is 1. The third kappa shape index (κ3) is 3.44. The van der Waals surface area contributed by atoms with Crippen LogP contribution in [0.5, 0.6) is 0 Å². The molecule has 1 aromatic carbocycles. The van der Waals surface area contributed by atoms with E-state index in [0.717, 1.165) is 24.8 Å². The number of fused-ring (bicyclic) bond motifs is 1. The molecule has 1 aliphatic carbocycles. The zero-order chi connectivity index (χ0) is 19.0. The first kappa shape index (κ1) is 17.6. The summed E-state index contributed by atoms with van der Waals surface area (Å²) in [5, 5.41) is 0. The largest absolute Gasteiger partial charge is 0.335 e. The topological polar surface area (TPSA) is 70.2 Å². The Hall–Kier alpha value is -2.76. The normalized spacial score (nSPS) is 19.2. The van der Waals surface area contributed by atoms with E-state index in [1.54, 1.807) is 11.0 Å². The van der Waals surface area contributed by atoms with E-state index in [1.807, 2.05) is 6.07 Å². The minimum Gasteiger partial charge on any atom is -0.335 e. The van der Waals surface area contributed by atoms with E-state index >= 15 is 0 Å². The molecule has 1 aromatic heterocycles. The fraction of sp³-hybridized carbons (Fsp3) is 0.381. The number of Topliss-reactive ketones (excluding diaryl/α,β-unsaturated/α-hetero) is 1. The van der Waals surface area contributed by atoms with Crippen LogP contribution in [0.4, 0.5) is 4.39 Å². The molecule has 2 heterocycles. The van der Waals surface area contributed by atoms with Crippen molar-refractivity contribution in [1.82, 2.24) is 9.88 Å². The van der Waals surface area contributed by atoms with Gasteiger partial charge in [-0.3, -0.25) is 14.4 Å². The molecule has 5 nitrogen and oxygen atoms in total. The van der Waals surface area contributed by atoms with Gasteiger partial charge in [-0.25, -0.2) is 4.39 Å². The summed E-state index contributed by atoms with van der Waals surface area (Å²) in [6.07, 6.45) is 4.01. The number of hydrogen-bond acceptors (Lipinski definition) is 3. The van der Waals surface area contributed by atoms with E-state index in [4.69, 9.17) is 0 Å². The van der Waals surface area contributed by atoms with E-state index in [1.165, 1.54) is 18.2 Å². The van der Waals surface area contributed by atoms with Gasteiger partial charge in [0, 0.05) is 30.3 Å². The maximum absolute atomic E-state index is 13.5. The number of aromatic amines is 1. The lowest BCUT2D eigenvalue weighted by molar-refractivity contribution is 0.0734. The van der Waals surface area contributed by atoms with Gasteiger partial charge in [-0.15, -0.1) is 0 Å². The quantitative estimate of drug-likeness (QED) is 0.906. The zero-order valence-corrected chi connectivity index (χ0v) is 15.0. The van der Waals surface area contributed by atoms with Crippen LogP contribution in [0.2, 0.25) is 0 Å². The van der Waals surface area contributed by atoms with Gasteiger partial charge in [-0.05, 0) is 55.9 Å². The molecule has 1 atom stereocenters. The number of halogens is 1. The van der Waals surface area contributed by atoms with Gasteiger partial charge in [-0.1, -0.05) is 12.1 Å². The van der Waals surface area contributed by atoms with Crippen LogP contribution in [0.25, 0.3) is 0 Å². The number of H-pyrrole nitrogens is 1. The molecular weight excluding hydrogens is 347 g/mol. The zero-order valence-electron chi connectivity index (χ0n) is 15.0. The third-order valence-corrected chi connectivity index (χ3v) is 5.48. The number of ketones is 1. The maximum Gasteiger partial charge on any atom is 0.261 e. The smallest absolute Gasteiger partial charge is 0.261 e. The first-order chi connectivity index (χ1) is 13.0. The van der Waals surface area contributed by atoms with Crippen LogP contribution >= 0.6 is 0 Å². The van der Waals surface area contributed by atoms with E-state index in [2.05, 4.69) is 4.98 Å². The Morgan fingerprint density at radius 2 is 2.04 bits per heavy atom. The number of nitrogens with zero attached hydrogens (tertiary/aromatic N) is 1. The molecular formula is C21H21FN2O3. The summed E-state index contributed by atoms with van der Waals surface area (Å²) in [7, 11) is 0. The lowest BCUT2D eigenvalue weighted by Crippen LogP contribution is -2.40. The van der Waals surface area contributed by atoms with Crippen molar-refractivity contribution >= 4 is 11.7 Å². The average Bonchev–Trinajstić information content (AvgIpc) is 3.09. The maximum atomic E-state index is 13.5. The molecule has 1 amide bonds. The van der Waals surface area contributed by atoms with E-state index in [0.29, 0.717) is 37.1 Å². The minimum absolute atomic E-state index is 0.0233. The molecule has 1 fully saturated rings. The molecule has 4 rings (SSSR count). The molecule has 1 N–H and O–H groups in total. The second-order valence-corrected chi connectivity index (χ2v) is 7.31. The summed E-state index contributed by atoms with van der Waals surface area (Å²) < 4.78 is 13.5. The second kappa shape index (κ2) is 7.10. The molecule has 0 bridgehead atoms. The van der Waals surface area contributed by atoms with Crippen molar-refractivity contribution in [3.63, 3.8) is 0 Å². The number of rotatable bonds is 3. The Morgan fingerprint density at radius 1 is 1.19 bits per heavy atom. The van der Waals surface area contributed by atoms with Crippen molar-refractivity contribution in [2.24, 2.45) is 0 Å². The van der Waals surface area contributed by atoms with Gasteiger partial charge < -0.3 is 9.88 Å². The highest BCUT2D eigenvalue weighted by Gasteiger charge is 2.32. The molecule has 2 aliphatic rings. The van der Waals surface area contributed by atoms with Crippen molar-refractivity contribution in [3.05, 3.63) is 68.9 Å². The number of likely N-dealkylation sites (tertiary alicyclic amines) is 1. The number of carbonyl (C=O) groups is 2. The van der Waals surface area contributed by atoms with Crippen molar-refractivity contribution in [3.8, 4) is 0 Å². The van der Waals surface area contributed by atoms with E-state index in [-0.39, 0.29) is 29.1 Å². The van der Waals surface area contributed by atoms with Crippen molar-refractivity contribution < 1.29 is 14.0 Å². The van der Waals surface area contributed by atoms with Crippen LogP contribution < -0.4 is 5.56 Å². The lowest BCUT2D eigenvalue weighted by atomic mass is 9.93. The molecule has 0 spiro atoms. The molecule has 27 heavy (non-hydrogen) atoms. The fourth-order valence-corrected chi connectivity index (χ4v) is 4.14. The number of amides is 1. The Morgan fingerprint density at radius 3 is 2.85 bits per heavy atom. The standard InChI is InChI=1S/C21H21FN2O3/c22-14-5-1-4-13(10-14)11-15-6-3-9-24(15)21(27)17-12-16-18(23-20(17)26)7-2-8-19(16)25/h1,4-5,10,12,15H,2-3,6-9,11H2,(H,23,26)/t15-/m0/s1. The molecule has 0 unspecified atom stereocenters. The Bertz CT molecular complexity index is 966. The van der Waals surface area contributed by atoms with E-state index in [9.17, 15) is 18.8 Å². The van der Waals surface area contributed by atoms with Gasteiger partial charge in [0.1, 0.15) is 11.4 Å². The van der Waals surface area contributed by atoms with Crippen LogP contribution in [0.1, 0.15) is 57.7 Å². The summed E-state index contributed by atoms with van der Waals surface area (Å²) in [6.45, 7) is 0.559. The van der Waals surface area contributed by atoms with Gasteiger partial charge in [0.25, 0.3) is 11.5 Å². The van der Waals surface area contributed by atoms with Gasteiger partial charge in [-0.2, -0.15) is 0 Å².